The number of methoxy groups -OCH3 is 1. The molecular formula is C12H18FNO2. The van der Waals surface area contributed by atoms with Gasteiger partial charge in [0.2, 0.25) is 0 Å². The first-order valence-electron chi connectivity index (χ1n) is 5.36. The summed E-state index contributed by atoms with van der Waals surface area (Å²) in [6.07, 6.45) is 0.918. The first kappa shape index (κ1) is 12.9. The largest absolute Gasteiger partial charge is 0.505 e. The third kappa shape index (κ3) is 3.79. The summed E-state index contributed by atoms with van der Waals surface area (Å²) < 4.78 is 18.0. The monoisotopic (exact) mass is 227 g/mol. The molecule has 1 rings (SSSR count). The number of benzene rings is 1. The standard InChI is InChI=1S/C12H18FNO2/c1-9(14-6-3-7-16-2)10-4-5-12(15)11(13)8-10/h4-5,8-9,14-15H,3,6-7H2,1-2H3/t9-/m1/s1. The fourth-order valence-electron chi connectivity index (χ4n) is 1.45. The lowest BCUT2D eigenvalue weighted by atomic mass is 10.1. The van der Waals surface area contributed by atoms with Crippen LogP contribution in [-0.2, 0) is 4.74 Å². The van der Waals surface area contributed by atoms with E-state index in [0.29, 0.717) is 6.61 Å². The zero-order valence-electron chi connectivity index (χ0n) is 9.66. The summed E-state index contributed by atoms with van der Waals surface area (Å²) in [7, 11) is 1.67. The summed E-state index contributed by atoms with van der Waals surface area (Å²) >= 11 is 0. The molecule has 90 valence electrons. The molecule has 0 spiro atoms. The molecule has 1 atom stereocenters. The molecule has 0 amide bonds. The highest BCUT2D eigenvalue weighted by molar-refractivity contribution is 5.29. The smallest absolute Gasteiger partial charge is 0.165 e. The topological polar surface area (TPSA) is 41.5 Å². The minimum Gasteiger partial charge on any atom is -0.505 e. The van der Waals surface area contributed by atoms with Gasteiger partial charge in [0.15, 0.2) is 11.6 Å². The summed E-state index contributed by atoms with van der Waals surface area (Å²) in [5.41, 5.74) is 0.827. The van der Waals surface area contributed by atoms with Crippen LogP contribution in [0.3, 0.4) is 0 Å². The predicted octanol–water partition coefficient (Wildman–Crippen LogP) is 2.22. The molecule has 3 nitrogen and oxygen atoms in total. The molecule has 0 aliphatic rings. The summed E-state index contributed by atoms with van der Waals surface area (Å²) in [5, 5.41) is 12.3. The Hall–Kier alpha value is -1.13. The number of nitrogens with one attached hydrogen (secondary N) is 1. The Morgan fingerprint density at radius 3 is 2.88 bits per heavy atom. The molecule has 2 N–H and O–H groups in total. The van der Waals surface area contributed by atoms with Gasteiger partial charge in [-0.25, -0.2) is 4.39 Å². The van der Waals surface area contributed by atoms with Gasteiger partial charge in [-0.05, 0) is 37.6 Å². The van der Waals surface area contributed by atoms with Gasteiger partial charge in [0, 0.05) is 19.8 Å². The molecule has 0 saturated carbocycles. The molecule has 0 unspecified atom stereocenters. The molecular weight excluding hydrogens is 209 g/mol. The van der Waals surface area contributed by atoms with Gasteiger partial charge in [-0.1, -0.05) is 6.07 Å². The van der Waals surface area contributed by atoms with Crippen molar-refractivity contribution >= 4 is 0 Å². The van der Waals surface area contributed by atoms with Crippen LogP contribution < -0.4 is 5.32 Å². The van der Waals surface area contributed by atoms with Gasteiger partial charge < -0.3 is 15.2 Å². The average molecular weight is 227 g/mol. The van der Waals surface area contributed by atoms with E-state index in [1.807, 2.05) is 6.92 Å². The first-order chi connectivity index (χ1) is 7.65. The van der Waals surface area contributed by atoms with Crippen molar-refractivity contribution in [2.75, 3.05) is 20.3 Å². The third-order valence-electron chi connectivity index (χ3n) is 2.45. The second-order valence-corrected chi connectivity index (χ2v) is 3.73. The predicted molar refractivity (Wildman–Crippen MR) is 61.0 cm³/mol. The quantitative estimate of drug-likeness (QED) is 0.732. The van der Waals surface area contributed by atoms with E-state index in [0.717, 1.165) is 18.5 Å². The lowest BCUT2D eigenvalue weighted by Crippen LogP contribution is -2.20. The number of hydrogen-bond donors (Lipinski definition) is 2. The highest BCUT2D eigenvalue weighted by Gasteiger charge is 2.07. The van der Waals surface area contributed by atoms with Crippen molar-refractivity contribution in [3.8, 4) is 5.75 Å². The number of rotatable bonds is 6. The summed E-state index contributed by atoms with van der Waals surface area (Å²) in [6, 6.07) is 4.50. The number of phenolic OH excluding ortho intramolecular Hbond substituents is 1. The van der Waals surface area contributed by atoms with Crippen LogP contribution in [-0.4, -0.2) is 25.4 Å². The zero-order valence-corrected chi connectivity index (χ0v) is 9.66. The van der Waals surface area contributed by atoms with Crippen molar-refractivity contribution in [3.63, 3.8) is 0 Å². The number of phenols is 1. The molecule has 0 aliphatic heterocycles. The van der Waals surface area contributed by atoms with Crippen molar-refractivity contribution in [2.24, 2.45) is 0 Å². The molecule has 0 bridgehead atoms. The van der Waals surface area contributed by atoms with E-state index in [1.165, 1.54) is 12.1 Å². The molecule has 0 saturated heterocycles. The Morgan fingerprint density at radius 2 is 2.25 bits per heavy atom. The normalized spacial score (nSPS) is 12.7. The van der Waals surface area contributed by atoms with Crippen LogP contribution in [0.2, 0.25) is 0 Å². The maximum atomic E-state index is 13.1. The maximum absolute atomic E-state index is 13.1. The van der Waals surface area contributed by atoms with E-state index >= 15 is 0 Å². The van der Waals surface area contributed by atoms with Crippen LogP contribution in [0.1, 0.15) is 24.9 Å². The van der Waals surface area contributed by atoms with Crippen molar-refractivity contribution in [2.45, 2.75) is 19.4 Å². The van der Waals surface area contributed by atoms with Crippen LogP contribution in [0.25, 0.3) is 0 Å². The van der Waals surface area contributed by atoms with E-state index in [9.17, 15) is 4.39 Å². The van der Waals surface area contributed by atoms with Gasteiger partial charge in [-0.3, -0.25) is 0 Å². The minimum absolute atomic E-state index is 0.0620. The van der Waals surface area contributed by atoms with Crippen LogP contribution in [0.4, 0.5) is 4.39 Å². The summed E-state index contributed by atoms with van der Waals surface area (Å²) in [5.74, 6) is -0.890. The number of ether oxygens (including phenoxy) is 1. The van der Waals surface area contributed by atoms with Crippen molar-refractivity contribution in [3.05, 3.63) is 29.6 Å². The maximum Gasteiger partial charge on any atom is 0.165 e. The van der Waals surface area contributed by atoms with Crippen molar-refractivity contribution in [1.29, 1.82) is 0 Å². The Balaban J connectivity index is 2.46. The third-order valence-corrected chi connectivity index (χ3v) is 2.45. The molecule has 0 radical (unpaired) electrons. The number of halogens is 1. The molecule has 1 aromatic carbocycles. The molecule has 1 aromatic rings. The lowest BCUT2D eigenvalue weighted by molar-refractivity contribution is 0.193. The highest BCUT2D eigenvalue weighted by atomic mass is 19.1. The van der Waals surface area contributed by atoms with Crippen LogP contribution >= 0.6 is 0 Å². The highest BCUT2D eigenvalue weighted by Crippen LogP contribution is 2.20. The number of hydrogen-bond acceptors (Lipinski definition) is 3. The van der Waals surface area contributed by atoms with Gasteiger partial charge in [-0.2, -0.15) is 0 Å². The van der Waals surface area contributed by atoms with Gasteiger partial charge >= 0.3 is 0 Å². The Morgan fingerprint density at radius 1 is 1.50 bits per heavy atom. The summed E-state index contributed by atoms with van der Waals surface area (Å²) in [6.45, 7) is 3.49. The van der Waals surface area contributed by atoms with Crippen molar-refractivity contribution < 1.29 is 14.2 Å². The molecule has 0 fully saturated rings. The van der Waals surface area contributed by atoms with E-state index in [2.05, 4.69) is 5.32 Å². The van der Waals surface area contributed by atoms with Crippen LogP contribution in [0.15, 0.2) is 18.2 Å². The average Bonchev–Trinajstić information content (AvgIpc) is 2.28. The molecule has 0 aromatic heterocycles. The summed E-state index contributed by atoms with van der Waals surface area (Å²) in [4.78, 5) is 0. The van der Waals surface area contributed by atoms with Crippen LogP contribution in [0.5, 0.6) is 5.75 Å². The van der Waals surface area contributed by atoms with E-state index in [1.54, 1.807) is 13.2 Å². The first-order valence-corrected chi connectivity index (χ1v) is 5.36. The van der Waals surface area contributed by atoms with Gasteiger partial charge in [-0.15, -0.1) is 0 Å². The second kappa shape index (κ2) is 6.45. The molecule has 0 heterocycles. The van der Waals surface area contributed by atoms with E-state index in [4.69, 9.17) is 9.84 Å². The lowest BCUT2D eigenvalue weighted by Gasteiger charge is -2.14. The molecule has 16 heavy (non-hydrogen) atoms. The number of aromatic hydroxyl groups is 1. The molecule has 4 heteroatoms. The Kier molecular flexibility index (Phi) is 5.22. The SMILES string of the molecule is COCCCN[C@H](C)c1ccc(O)c(F)c1. The fourth-order valence-corrected chi connectivity index (χ4v) is 1.45. The zero-order chi connectivity index (χ0) is 12.0. The fraction of sp³-hybridized carbons (Fsp3) is 0.500. The minimum atomic E-state index is -0.581. The second-order valence-electron chi connectivity index (χ2n) is 3.73. The van der Waals surface area contributed by atoms with Crippen molar-refractivity contribution in [1.82, 2.24) is 5.32 Å². The molecule has 0 aliphatic carbocycles. The Bertz CT molecular complexity index is 331. The van der Waals surface area contributed by atoms with Gasteiger partial charge in [0.25, 0.3) is 0 Å². The van der Waals surface area contributed by atoms with E-state index in [-0.39, 0.29) is 11.8 Å². The van der Waals surface area contributed by atoms with E-state index < -0.39 is 5.82 Å². The van der Waals surface area contributed by atoms with Crippen LogP contribution in [0, 0.1) is 5.82 Å². The van der Waals surface area contributed by atoms with Gasteiger partial charge in [0.05, 0.1) is 0 Å². The Labute approximate surface area is 95.2 Å². The van der Waals surface area contributed by atoms with Gasteiger partial charge in [0.1, 0.15) is 0 Å².